The van der Waals surface area contributed by atoms with E-state index in [1.807, 2.05) is 6.92 Å². The number of amides is 1. The van der Waals surface area contributed by atoms with Crippen LogP contribution >= 0.6 is 0 Å². The molecule has 0 saturated heterocycles. The number of carbonyl (C=O) groups excluding carboxylic acids is 1. The predicted octanol–water partition coefficient (Wildman–Crippen LogP) is 2.11. The summed E-state index contributed by atoms with van der Waals surface area (Å²) in [6.45, 7) is 11.5. The first-order chi connectivity index (χ1) is 7.40. The van der Waals surface area contributed by atoms with Gasteiger partial charge in [0.05, 0.1) is 12.0 Å². The Kier molecular flexibility index (Phi) is 7.06. The smallest absolute Gasteiger partial charge is 0.225 e. The molecule has 0 fully saturated rings. The zero-order valence-corrected chi connectivity index (χ0v) is 10.9. The topological polar surface area (TPSA) is 49.3 Å². The van der Waals surface area contributed by atoms with Crippen molar-refractivity contribution in [1.29, 1.82) is 0 Å². The number of allylic oxidation sites excluding steroid dienone is 1. The van der Waals surface area contributed by atoms with Crippen molar-refractivity contribution in [2.24, 2.45) is 11.8 Å². The van der Waals surface area contributed by atoms with Gasteiger partial charge in [-0.2, -0.15) is 0 Å². The Labute approximate surface area is 98.9 Å². The van der Waals surface area contributed by atoms with Crippen LogP contribution in [-0.2, 0) is 4.79 Å². The number of aliphatic hydroxyl groups excluding tert-OH is 1. The molecule has 3 nitrogen and oxygen atoms in total. The first-order valence-corrected chi connectivity index (χ1v) is 5.99. The van der Waals surface area contributed by atoms with Crippen LogP contribution < -0.4 is 5.32 Å². The maximum absolute atomic E-state index is 11.8. The molecule has 0 aliphatic rings. The molecule has 0 heterocycles. The summed E-state index contributed by atoms with van der Waals surface area (Å²) in [6.07, 6.45) is 2.49. The fourth-order valence-corrected chi connectivity index (χ4v) is 1.24. The van der Waals surface area contributed by atoms with E-state index in [1.54, 1.807) is 13.0 Å². The molecular weight excluding hydrogens is 202 g/mol. The fraction of sp³-hybridized carbons (Fsp3) is 0.769. The number of carbonyl (C=O) groups is 1. The predicted molar refractivity (Wildman–Crippen MR) is 67.0 cm³/mol. The van der Waals surface area contributed by atoms with Gasteiger partial charge in [0.1, 0.15) is 0 Å². The van der Waals surface area contributed by atoms with E-state index in [0.717, 1.165) is 6.42 Å². The van der Waals surface area contributed by atoms with Crippen molar-refractivity contribution < 1.29 is 9.90 Å². The number of nitrogens with one attached hydrogen (secondary N) is 1. The minimum Gasteiger partial charge on any atom is -0.392 e. The summed E-state index contributed by atoms with van der Waals surface area (Å²) < 4.78 is 0. The van der Waals surface area contributed by atoms with Gasteiger partial charge in [-0.05, 0) is 25.7 Å². The molecule has 0 bridgehead atoms. The third-order valence-corrected chi connectivity index (χ3v) is 3.03. The van der Waals surface area contributed by atoms with E-state index in [-0.39, 0.29) is 17.9 Å². The van der Waals surface area contributed by atoms with Gasteiger partial charge in [-0.1, -0.05) is 26.8 Å². The van der Waals surface area contributed by atoms with Gasteiger partial charge in [-0.3, -0.25) is 4.79 Å². The van der Waals surface area contributed by atoms with Gasteiger partial charge in [0, 0.05) is 6.04 Å². The van der Waals surface area contributed by atoms with Gasteiger partial charge in [0.15, 0.2) is 0 Å². The van der Waals surface area contributed by atoms with E-state index >= 15 is 0 Å². The Morgan fingerprint density at radius 2 is 1.94 bits per heavy atom. The summed E-state index contributed by atoms with van der Waals surface area (Å²) in [5.74, 6) is -0.0274. The molecule has 16 heavy (non-hydrogen) atoms. The van der Waals surface area contributed by atoms with Crippen molar-refractivity contribution in [3.63, 3.8) is 0 Å². The summed E-state index contributed by atoms with van der Waals surface area (Å²) in [6, 6.07) is 0.140. The molecule has 0 aromatic heterocycles. The molecule has 3 heteroatoms. The fourth-order valence-electron chi connectivity index (χ4n) is 1.24. The monoisotopic (exact) mass is 227 g/mol. The highest BCUT2D eigenvalue weighted by Crippen LogP contribution is 2.11. The SMILES string of the molecule is C=CCCC(O)C(C)C(=O)NC(C)C(C)C. The molecule has 0 aliphatic carbocycles. The Hall–Kier alpha value is -0.830. The van der Waals surface area contributed by atoms with Gasteiger partial charge < -0.3 is 10.4 Å². The summed E-state index contributed by atoms with van der Waals surface area (Å²) >= 11 is 0. The molecular formula is C13H25NO2. The Morgan fingerprint density at radius 1 is 1.38 bits per heavy atom. The van der Waals surface area contributed by atoms with Crippen molar-refractivity contribution in [3.05, 3.63) is 12.7 Å². The number of aliphatic hydroxyl groups is 1. The highest BCUT2D eigenvalue weighted by atomic mass is 16.3. The second-order valence-corrected chi connectivity index (χ2v) is 4.76. The standard InChI is InChI=1S/C13H25NO2/c1-6-7-8-12(15)10(4)13(16)14-11(5)9(2)3/h6,9-12,15H,1,7-8H2,2-5H3,(H,14,16). The van der Waals surface area contributed by atoms with E-state index < -0.39 is 6.10 Å². The van der Waals surface area contributed by atoms with E-state index in [9.17, 15) is 9.90 Å². The highest BCUT2D eigenvalue weighted by molar-refractivity contribution is 5.79. The first kappa shape index (κ1) is 15.2. The lowest BCUT2D eigenvalue weighted by Crippen LogP contribution is -2.42. The average molecular weight is 227 g/mol. The lowest BCUT2D eigenvalue weighted by Gasteiger charge is -2.23. The van der Waals surface area contributed by atoms with E-state index in [4.69, 9.17) is 0 Å². The van der Waals surface area contributed by atoms with Crippen LogP contribution in [0.25, 0.3) is 0 Å². The van der Waals surface area contributed by atoms with Gasteiger partial charge in [0.25, 0.3) is 0 Å². The molecule has 2 N–H and O–H groups in total. The molecule has 94 valence electrons. The third-order valence-electron chi connectivity index (χ3n) is 3.03. The van der Waals surface area contributed by atoms with Gasteiger partial charge >= 0.3 is 0 Å². The highest BCUT2D eigenvalue weighted by Gasteiger charge is 2.23. The molecule has 3 unspecified atom stereocenters. The number of hydrogen-bond donors (Lipinski definition) is 2. The van der Waals surface area contributed by atoms with Crippen LogP contribution in [0.1, 0.15) is 40.5 Å². The minimum absolute atomic E-state index is 0.0715. The van der Waals surface area contributed by atoms with Crippen molar-refractivity contribution in [1.82, 2.24) is 5.32 Å². The second kappa shape index (κ2) is 7.44. The van der Waals surface area contributed by atoms with E-state index in [0.29, 0.717) is 12.3 Å². The average Bonchev–Trinajstić information content (AvgIpc) is 2.24. The molecule has 0 saturated carbocycles. The molecule has 0 rings (SSSR count). The third kappa shape index (κ3) is 5.31. The summed E-state index contributed by atoms with van der Waals surface area (Å²) in [5.41, 5.74) is 0. The lowest BCUT2D eigenvalue weighted by atomic mass is 9.98. The number of rotatable bonds is 7. The minimum atomic E-state index is -0.586. The molecule has 0 aliphatic heterocycles. The van der Waals surface area contributed by atoms with Gasteiger partial charge in [-0.25, -0.2) is 0 Å². The maximum atomic E-state index is 11.8. The van der Waals surface area contributed by atoms with Crippen LogP contribution in [-0.4, -0.2) is 23.2 Å². The van der Waals surface area contributed by atoms with Crippen molar-refractivity contribution >= 4 is 5.91 Å². The summed E-state index contributed by atoms with van der Waals surface area (Å²) in [7, 11) is 0. The van der Waals surface area contributed by atoms with Crippen LogP contribution in [0, 0.1) is 11.8 Å². The second-order valence-electron chi connectivity index (χ2n) is 4.76. The normalized spacial score (nSPS) is 16.6. The largest absolute Gasteiger partial charge is 0.392 e. The Balaban J connectivity index is 4.11. The summed E-state index contributed by atoms with van der Waals surface area (Å²) in [5, 5.41) is 12.7. The number of hydrogen-bond acceptors (Lipinski definition) is 2. The van der Waals surface area contributed by atoms with Gasteiger partial charge in [0.2, 0.25) is 5.91 Å². The van der Waals surface area contributed by atoms with Crippen LogP contribution in [0.4, 0.5) is 0 Å². The quantitative estimate of drug-likeness (QED) is 0.654. The molecule has 0 spiro atoms. The lowest BCUT2D eigenvalue weighted by molar-refractivity contribution is -0.128. The molecule has 0 aromatic rings. The molecule has 0 radical (unpaired) electrons. The van der Waals surface area contributed by atoms with Crippen LogP contribution in [0.5, 0.6) is 0 Å². The molecule has 0 aromatic carbocycles. The Morgan fingerprint density at radius 3 is 2.38 bits per heavy atom. The van der Waals surface area contributed by atoms with Crippen LogP contribution in [0.15, 0.2) is 12.7 Å². The molecule has 1 amide bonds. The zero-order valence-electron chi connectivity index (χ0n) is 10.9. The summed E-state index contributed by atoms with van der Waals surface area (Å²) in [4.78, 5) is 11.8. The molecule has 3 atom stereocenters. The van der Waals surface area contributed by atoms with Crippen molar-refractivity contribution in [2.75, 3.05) is 0 Å². The zero-order chi connectivity index (χ0) is 12.7. The van der Waals surface area contributed by atoms with Crippen LogP contribution in [0.2, 0.25) is 0 Å². The van der Waals surface area contributed by atoms with Gasteiger partial charge in [-0.15, -0.1) is 6.58 Å². The van der Waals surface area contributed by atoms with Crippen molar-refractivity contribution in [3.8, 4) is 0 Å². The Bertz CT molecular complexity index is 226. The van der Waals surface area contributed by atoms with E-state index in [1.165, 1.54) is 0 Å². The van der Waals surface area contributed by atoms with Crippen LogP contribution in [0.3, 0.4) is 0 Å². The van der Waals surface area contributed by atoms with E-state index in [2.05, 4.69) is 25.7 Å². The first-order valence-electron chi connectivity index (χ1n) is 5.99. The van der Waals surface area contributed by atoms with Crippen molar-refractivity contribution in [2.45, 2.75) is 52.7 Å². The maximum Gasteiger partial charge on any atom is 0.225 e.